The van der Waals surface area contributed by atoms with Crippen LogP contribution in [0.3, 0.4) is 0 Å². The second kappa shape index (κ2) is 5.10. The molecule has 0 aliphatic rings. The van der Waals surface area contributed by atoms with Gasteiger partial charge in [0.1, 0.15) is 5.60 Å². The SMILES string of the molecule is CC(C)(C)OC(=O)n1ccc(-c2ccc(Cl)cc2)c1. The van der Waals surface area contributed by atoms with Gasteiger partial charge in [-0.15, -0.1) is 0 Å². The van der Waals surface area contributed by atoms with Crippen molar-refractivity contribution in [3.05, 3.63) is 47.7 Å². The van der Waals surface area contributed by atoms with Crippen LogP contribution in [0, 0.1) is 0 Å². The fourth-order valence-corrected chi connectivity index (χ4v) is 1.76. The number of halogens is 1. The van der Waals surface area contributed by atoms with Crippen molar-refractivity contribution in [1.82, 2.24) is 4.57 Å². The lowest BCUT2D eigenvalue weighted by atomic mass is 10.1. The van der Waals surface area contributed by atoms with Crippen molar-refractivity contribution >= 4 is 17.7 Å². The molecule has 2 rings (SSSR count). The van der Waals surface area contributed by atoms with Crippen LogP contribution >= 0.6 is 11.6 Å². The number of carbonyl (C=O) groups excluding carboxylic acids is 1. The van der Waals surface area contributed by atoms with Crippen LogP contribution in [-0.2, 0) is 4.74 Å². The fraction of sp³-hybridized carbons (Fsp3) is 0.267. The van der Waals surface area contributed by atoms with Crippen LogP contribution in [0.2, 0.25) is 5.02 Å². The Morgan fingerprint density at radius 3 is 2.32 bits per heavy atom. The molecular weight excluding hydrogens is 262 g/mol. The summed E-state index contributed by atoms with van der Waals surface area (Å²) in [5.74, 6) is 0. The van der Waals surface area contributed by atoms with Gasteiger partial charge in [0.2, 0.25) is 0 Å². The number of rotatable bonds is 1. The third-order valence-electron chi connectivity index (χ3n) is 2.47. The Hall–Kier alpha value is -1.74. The van der Waals surface area contributed by atoms with Crippen molar-refractivity contribution in [3.8, 4) is 11.1 Å². The highest BCUT2D eigenvalue weighted by Crippen LogP contribution is 2.22. The number of hydrogen-bond acceptors (Lipinski definition) is 2. The third-order valence-corrected chi connectivity index (χ3v) is 2.73. The topological polar surface area (TPSA) is 31.2 Å². The molecular formula is C15H16ClNO2. The molecule has 0 spiro atoms. The minimum Gasteiger partial charge on any atom is -0.443 e. The van der Waals surface area contributed by atoms with E-state index in [0.29, 0.717) is 5.02 Å². The Labute approximate surface area is 117 Å². The van der Waals surface area contributed by atoms with Crippen LogP contribution in [0.15, 0.2) is 42.7 Å². The van der Waals surface area contributed by atoms with Gasteiger partial charge in [-0.25, -0.2) is 4.79 Å². The van der Waals surface area contributed by atoms with Gasteiger partial charge in [0.25, 0.3) is 0 Å². The van der Waals surface area contributed by atoms with Crippen LogP contribution < -0.4 is 0 Å². The lowest BCUT2D eigenvalue weighted by molar-refractivity contribution is 0.0537. The van der Waals surface area contributed by atoms with Crippen LogP contribution in [0.4, 0.5) is 4.79 Å². The van der Waals surface area contributed by atoms with Gasteiger partial charge in [-0.2, -0.15) is 0 Å². The molecule has 0 unspecified atom stereocenters. The highest BCUT2D eigenvalue weighted by atomic mass is 35.5. The summed E-state index contributed by atoms with van der Waals surface area (Å²) in [6.45, 7) is 5.53. The van der Waals surface area contributed by atoms with Crippen LogP contribution in [0.1, 0.15) is 20.8 Å². The van der Waals surface area contributed by atoms with E-state index >= 15 is 0 Å². The van der Waals surface area contributed by atoms with Crippen molar-refractivity contribution in [2.75, 3.05) is 0 Å². The summed E-state index contributed by atoms with van der Waals surface area (Å²) >= 11 is 5.85. The van der Waals surface area contributed by atoms with E-state index in [9.17, 15) is 4.79 Å². The maximum absolute atomic E-state index is 11.9. The molecule has 4 heteroatoms. The zero-order valence-electron chi connectivity index (χ0n) is 11.2. The Balaban J connectivity index is 2.19. The maximum Gasteiger partial charge on any atom is 0.418 e. The quantitative estimate of drug-likeness (QED) is 0.763. The molecule has 100 valence electrons. The normalized spacial score (nSPS) is 11.4. The summed E-state index contributed by atoms with van der Waals surface area (Å²) in [4.78, 5) is 11.9. The first-order chi connectivity index (χ1) is 8.85. The lowest BCUT2D eigenvalue weighted by Crippen LogP contribution is -2.26. The first kappa shape index (κ1) is 13.7. The van der Waals surface area contributed by atoms with Gasteiger partial charge < -0.3 is 4.74 Å². The average Bonchev–Trinajstić information content (AvgIpc) is 2.77. The zero-order valence-corrected chi connectivity index (χ0v) is 11.9. The summed E-state index contributed by atoms with van der Waals surface area (Å²) in [5.41, 5.74) is 1.45. The van der Waals surface area contributed by atoms with E-state index in [2.05, 4.69) is 0 Å². The third kappa shape index (κ3) is 3.61. The Bertz CT molecular complexity index is 579. The smallest absolute Gasteiger partial charge is 0.418 e. The van der Waals surface area contributed by atoms with E-state index in [-0.39, 0.29) is 6.09 Å². The summed E-state index contributed by atoms with van der Waals surface area (Å²) in [6.07, 6.45) is 3.06. The van der Waals surface area contributed by atoms with E-state index in [4.69, 9.17) is 16.3 Å². The molecule has 0 aliphatic heterocycles. The summed E-state index contributed by atoms with van der Waals surface area (Å²) in [5, 5.41) is 0.690. The summed E-state index contributed by atoms with van der Waals surface area (Å²) in [7, 11) is 0. The summed E-state index contributed by atoms with van der Waals surface area (Å²) in [6, 6.07) is 9.34. The molecule has 0 saturated heterocycles. The second-order valence-electron chi connectivity index (χ2n) is 5.29. The predicted octanol–water partition coefficient (Wildman–Crippen LogP) is 4.59. The second-order valence-corrected chi connectivity index (χ2v) is 5.73. The largest absolute Gasteiger partial charge is 0.443 e. The molecule has 0 amide bonds. The van der Waals surface area contributed by atoms with E-state index in [1.165, 1.54) is 4.57 Å². The highest BCUT2D eigenvalue weighted by molar-refractivity contribution is 6.30. The maximum atomic E-state index is 11.9. The van der Waals surface area contributed by atoms with Crippen LogP contribution in [0.25, 0.3) is 11.1 Å². The molecule has 2 aromatic rings. The van der Waals surface area contributed by atoms with Crippen LogP contribution in [-0.4, -0.2) is 16.3 Å². The van der Waals surface area contributed by atoms with Crippen molar-refractivity contribution in [1.29, 1.82) is 0 Å². The number of benzene rings is 1. The number of nitrogens with zero attached hydrogens (tertiary/aromatic N) is 1. The Kier molecular flexibility index (Phi) is 3.67. The molecule has 0 bridgehead atoms. The van der Waals surface area contributed by atoms with Gasteiger partial charge in [0.15, 0.2) is 0 Å². The van der Waals surface area contributed by atoms with E-state index < -0.39 is 5.60 Å². The Morgan fingerprint density at radius 2 is 1.74 bits per heavy atom. The number of carbonyl (C=O) groups is 1. The molecule has 3 nitrogen and oxygen atoms in total. The zero-order chi connectivity index (χ0) is 14.0. The predicted molar refractivity (Wildman–Crippen MR) is 76.5 cm³/mol. The molecule has 0 saturated carbocycles. The molecule has 0 N–H and O–H groups in total. The average molecular weight is 278 g/mol. The van der Waals surface area contributed by atoms with Gasteiger partial charge >= 0.3 is 6.09 Å². The standard InChI is InChI=1S/C15H16ClNO2/c1-15(2,3)19-14(18)17-9-8-12(10-17)11-4-6-13(16)7-5-11/h4-10H,1-3H3. The molecule has 0 aliphatic carbocycles. The van der Waals surface area contributed by atoms with E-state index in [1.54, 1.807) is 12.4 Å². The van der Waals surface area contributed by atoms with Crippen molar-refractivity contribution in [2.24, 2.45) is 0 Å². The molecule has 1 aromatic heterocycles. The monoisotopic (exact) mass is 277 g/mol. The number of hydrogen-bond donors (Lipinski definition) is 0. The first-order valence-corrected chi connectivity index (χ1v) is 6.40. The minimum absolute atomic E-state index is 0.382. The highest BCUT2D eigenvalue weighted by Gasteiger charge is 2.17. The first-order valence-electron chi connectivity index (χ1n) is 6.02. The van der Waals surface area contributed by atoms with E-state index in [0.717, 1.165) is 11.1 Å². The molecule has 1 aromatic carbocycles. The Morgan fingerprint density at radius 1 is 1.11 bits per heavy atom. The lowest BCUT2D eigenvalue weighted by Gasteiger charge is -2.19. The number of aromatic nitrogens is 1. The van der Waals surface area contributed by atoms with Crippen LogP contribution in [0.5, 0.6) is 0 Å². The van der Waals surface area contributed by atoms with Gasteiger partial charge in [0.05, 0.1) is 0 Å². The van der Waals surface area contributed by atoms with Gasteiger partial charge in [-0.05, 0) is 50.1 Å². The van der Waals surface area contributed by atoms with E-state index in [1.807, 2.05) is 51.1 Å². The van der Waals surface area contributed by atoms with Gasteiger partial charge in [-0.1, -0.05) is 23.7 Å². The fourth-order valence-electron chi connectivity index (χ4n) is 1.64. The van der Waals surface area contributed by atoms with Gasteiger partial charge in [-0.3, -0.25) is 4.57 Å². The van der Waals surface area contributed by atoms with Crippen molar-refractivity contribution in [3.63, 3.8) is 0 Å². The van der Waals surface area contributed by atoms with Crippen molar-refractivity contribution < 1.29 is 9.53 Å². The summed E-state index contributed by atoms with van der Waals surface area (Å²) < 4.78 is 6.73. The molecule has 1 heterocycles. The molecule has 0 fully saturated rings. The molecule has 19 heavy (non-hydrogen) atoms. The molecule has 0 radical (unpaired) electrons. The van der Waals surface area contributed by atoms with Gasteiger partial charge in [0, 0.05) is 17.4 Å². The van der Waals surface area contributed by atoms with Crippen molar-refractivity contribution in [2.45, 2.75) is 26.4 Å². The molecule has 0 atom stereocenters. The number of ether oxygens (including phenoxy) is 1. The minimum atomic E-state index is -0.498.